The van der Waals surface area contributed by atoms with E-state index in [4.69, 9.17) is 9.72 Å². The number of nitrogens with zero attached hydrogens (tertiary/aromatic N) is 7. The maximum atomic E-state index is 13.4. The van der Waals surface area contributed by atoms with Crippen LogP contribution in [0, 0.1) is 11.8 Å². The third-order valence-corrected chi connectivity index (χ3v) is 11.1. The molecule has 0 radical (unpaired) electrons. The number of carbonyl (C=O) groups is 2. The quantitative estimate of drug-likeness (QED) is 0.346. The Labute approximate surface area is 285 Å². The molecule has 12 heteroatoms. The molecule has 3 aliphatic carbocycles. The van der Waals surface area contributed by atoms with Gasteiger partial charge in [0.05, 0.1) is 19.0 Å². The fourth-order valence-electron chi connectivity index (χ4n) is 7.82. The molecule has 260 valence electrons. The minimum absolute atomic E-state index is 0.0398. The third-order valence-electron chi connectivity index (χ3n) is 11.1. The second-order valence-corrected chi connectivity index (χ2v) is 14.7. The van der Waals surface area contributed by atoms with Crippen molar-refractivity contribution in [2.24, 2.45) is 11.8 Å². The van der Waals surface area contributed by atoms with E-state index in [2.05, 4.69) is 30.4 Å². The molecule has 3 heterocycles. The smallest absolute Gasteiger partial charge is 0.251 e. The van der Waals surface area contributed by atoms with Crippen LogP contribution in [0.15, 0.2) is 24.4 Å². The van der Waals surface area contributed by atoms with E-state index < -0.39 is 0 Å². The summed E-state index contributed by atoms with van der Waals surface area (Å²) in [6.07, 6.45) is 12.0. The lowest BCUT2D eigenvalue weighted by Crippen LogP contribution is -2.58. The number of nitrogens with one attached hydrogen (secondary N) is 2. The lowest BCUT2D eigenvalue weighted by molar-refractivity contribution is -0.120. The van der Waals surface area contributed by atoms with Crippen LogP contribution in [0.4, 0.5) is 23.1 Å². The average molecular weight is 660 g/mol. The van der Waals surface area contributed by atoms with Gasteiger partial charge in [-0.3, -0.25) is 19.5 Å². The topological polar surface area (TPSA) is 109 Å². The molecule has 2 N–H and O–H groups in total. The van der Waals surface area contributed by atoms with Crippen molar-refractivity contribution in [3.05, 3.63) is 30.0 Å². The fourth-order valence-corrected chi connectivity index (χ4v) is 7.82. The summed E-state index contributed by atoms with van der Waals surface area (Å²) in [5.41, 5.74) is 1.91. The number of piperazine rings is 1. The lowest BCUT2D eigenvalue weighted by atomic mass is 9.89. The molecule has 1 unspecified atom stereocenters. The van der Waals surface area contributed by atoms with E-state index in [1.165, 1.54) is 58.4 Å². The summed E-state index contributed by atoms with van der Waals surface area (Å²) in [7, 11) is 5.42. The van der Waals surface area contributed by atoms with E-state index in [0.29, 0.717) is 52.8 Å². The zero-order valence-electron chi connectivity index (χ0n) is 29.2. The molecule has 12 nitrogen and oxygen atoms in total. The van der Waals surface area contributed by atoms with Crippen molar-refractivity contribution in [2.45, 2.75) is 82.8 Å². The second kappa shape index (κ2) is 14.2. The van der Waals surface area contributed by atoms with E-state index in [-0.39, 0.29) is 23.9 Å². The third kappa shape index (κ3) is 7.25. The van der Waals surface area contributed by atoms with Gasteiger partial charge in [-0.1, -0.05) is 6.92 Å². The summed E-state index contributed by atoms with van der Waals surface area (Å²) in [6.45, 7) is 8.97. The summed E-state index contributed by atoms with van der Waals surface area (Å²) in [6, 6.07) is 5.94. The van der Waals surface area contributed by atoms with Gasteiger partial charge in [-0.25, -0.2) is 9.99 Å². The molecule has 2 amide bonds. The van der Waals surface area contributed by atoms with Crippen LogP contribution in [0.1, 0.15) is 75.1 Å². The first-order valence-electron chi connectivity index (χ1n) is 18.2. The monoisotopic (exact) mass is 659 g/mol. The van der Waals surface area contributed by atoms with Crippen LogP contribution < -0.4 is 25.3 Å². The number of hydrogen-bond donors (Lipinski definition) is 2. The SMILES string of the molecule is CCC1C(=O)N(C)c2cnc(Nc3ccc(C(=O)NC4CCC(N5CCN(CC6CC6)CC5)CC4)cc3OC)nc2N1N(C)CC1CC1. The Kier molecular flexibility index (Phi) is 9.75. The average Bonchev–Trinajstić information content (AvgIpc) is 4.05. The number of benzene rings is 1. The van der Waals surface area contributed by atoms with E-state index in [1.807, 2.05) is 31.1 Å². The van der Waals surface area contributed by atoms with Crippen LogP contribution in [0.3, 0.4) is 0 Å². The molecule has 1 aromatic carbocycles. The number of hydrazine groups is 1. The van der Waals surface area contributed by atoms with Gasteiger partial charge in [0.1, 0.15) is 17.5 Å². The minimum atomic E-state index is -0.330. The maximum Gasteiger partial charge on any atom is 0.251 e. The number of hydrogen-bond acceptors (Lipinski definition) is 10. The Hall–Kier alpha value is -3.48. The normalized spacial score (nSPS) is 25.3. The zero-order valence-corrected chi connectivity index (χ0v) is 29.2. The summed E-state index contributed by atoms with van der Waals surface area (Å²) in [4.78, 5) is 43.1. The van der Waals surface area contributed by atoms with Crippen LogP contribution >= 0.6 is 0 Å². The molecule has 4 fully saturated rings. The number of rotatable bonds is 12. The number of carbonyl (C=O) groups excluding carboxylic acids is 2. The highest BCUT2D eigenvalue weighted by atomic mass is 16.5. The number of ether oxygens (including phenoxy) is 1. The molecule has 1 aromatic heterocycles. The van der Waals surface area contributed by atoms with Gasteiger partial charge in [0, 0.05) is 71.0 Å². The van der Waals surface area contributed by atoms with Crippen molar-refractivity contribution in [3.8, 4) is 5.75 Å². The van der Waals surface area contributed by atoms with E-state index >= 15 is 0 Å². The van der Waals surface area contributed by atoms with Crippen molar-refractivity contribution < 1.29 is 14.3 Å². The number of methoxy groups -OCH3 is 1. The second-order valence-electron chi connectivity index (χ2n) is 14.7. The molecule has 1 saturated heterocycles. The molecular weight excluding hydrogens is 606 g/mol. The van der Waals surface area contributed by atoms with Crippen LogP contribution in [0.5, 0.6) is 5.75 Å². The standard InChI is InChI=1S/C36H53N9O3/c1-5-30-35(47)42(3)31-21-37-36(40-33(31)45(30)41(2)22-24-6-7-24)39-29-15-10-26(20-32(29)48-4)34(46)38-27-11-13-28(14-12-27)44-18-16-43(17-19-44)23-25-8-9-25/h10,15,20-21,24-25,27-28,30H,5-9,11-14,16-19,22-23H2,1-4H3,(H,38,46)(H,37,39,40). The van der Waals surface area contributed by atoms with Crippen LogP contribution in [-0.4, -0.2) is 115 Å². The Morgan fingerprint density at radius 2 is 1.75 bits per heavy atom. The number of fused-ring (bicyclic) bond motifs is 1. The van der Waals surface area contributed by atoms with Crippen molar-refractivity contribution >= 4 is 35.0 Å². The van der Waals surface area contributed by atoms with Crippen molar-refractivity contribution in [1.82, 2.24) is 30.1 Å². The molecule has 48 heavy (non-hydrogen) atoms. The number of anilines is 4. The molecule has 2 aliphatic heterocycles. The Bertz CT molecular complexity index is 1460. The first-order valence-corrected chi connectivity index (χ1v) is 18.2. The van der Waals surface area contributed by atoms with Gasteiger partial charge in [-0.05, 0) is 87.8 Å². The summed E-state index contributed by atoms with van der Waals surface area (Å²) in [5, 5.41) is 10.8. The van der Waals surface area contributed by atoms with Gasteiger partial charge in [0.2, 0.25) is 5.95 Å². The predicted octanol–water partition coefficient (Wildman–Crippen LogP) is 4.12. The molecule has 0 spiro atoms. The Morgan fingerprint density at radius 3 is 2.42 bits per heavy atom. The highest BCUT2D eigenvalue weighted by molar-refractivity contribution is 6.04. The number of amides is 2. The fraction of sp³-hybridized carbons (Fsp3) is 0.667. The molecular formula is C36H53N9O3. The molecule has 7 rings (SSSR count). The highest BCUT2D eigenvalue weighted by Crippen LogP contribution is 2.39. The predicted molar refractivity (Wildman–Crippen MR) is 188 cm³/mol. The van der Waals surface area contributed by atoms with E-state index in [0.717, 1.165) is 38.1 Å². The van der Waals surface area contributed by atoms with Crippen molar-refractivity contribution in [2.75, 3.05) is 75.7 Å². The van der Waals surface area contributed by atoms with Gasteiger partial charge >= 0.3 is 0 Å². The van der Waals surface area contributed by atoms with Crippen molar-refractivity contribution in [1.29, 1.82) is 0 Å². The van der Waals surface area contributed by atoms with Crippen LogP contribution in [-0.2, 0) is 4.79 Å². The Morgan fingerprint density at radius 1 is 1.02 bits per heavy atom. The van der Waals surface area contributed by atoms with Crippen molar-refractivity contribution in [3.63, 3.8) is 0 Å². The van der Waals surface area contributed by atoms with Gasteiger partial charge < -0.3 is 25.2 Å². The molecule has 1 atom stereocenters. The van der Waals surface area contributed by atoms with Gasteiger partial charge in [0.25, 0.3) is 11.8 Å². The molecule has 0 bridgehead atoms. The van der Waals surface area contributed by atoms with E-state index in [9.17, 15) is 9.59 Å². The van der Waals surface area contributed by atoms with Gasteiger partial charge in [-0.15, -0.1) is 0 Å². The van der Waals surface area contributed by atoms with Gasteiger partial charge in [0.15, 0.2) is 5.82 Å². The maximum absolute atomic E-state index is 13.4. The largest absolute Gasteiger partial charge is 0.495 e. The van der Waals surface area contributed by atoms with Gasteiger partial charge in [-0.2, -0.15) is 4.98 Å². The first kappa shape index (κ1) is 33.0. The summed E-state index contributed by atoms with van der Waals surface area (Å²) in [5.74, 6) is 3.22. The molecule has 2 aromatic rings. The number of aromatic nitrogens is 2. The number of likely N-dealkylation sites (N-methyl/N-ethyl adjacent to an activating group) is 1. The summed E-state index contributed by atoms with van der Waals surface area (Å²) < 4.78 is 5.72. The van der Waals surface area contributed by atoms with Crippen LogP contribution in [0.2, 0.25) is 0 Å². The summed E-state index contributed by atoms with van der Waals surface area (Å²) >= 11 is 0. The van der Waals surface area contributed by atoms with E-state index in [1.54, 1.807) is 31.3 Å². The molecule has 3 saturated carbocycles. The highest BCUT2D eigenvalue weighted by Gasteiger charge is 2.40. The van der Waals surface area contributed by atoms with Crippen LogP contribution in [0.25, 0.3) is 0 Å². The lowest BCUT2D eigenvalue weighted by Gasteiger charge is -2.44. The minimum Gasteiger partial charge on any atom is -0.495 e. The zero-order chi connectivity index (χ0) is 33.4. The Balaban J connectivity index is 0.972. The molecule has 5 aliphatic rings. The first-order chi connectivity index (χ1) is 23.3.